The van der Waals surface area contributed by atoms with Crippen molar-refractivity contribution < 1.29 is 4.74 Å². The Hall–Kier alpha value is -1.51. The van der Waals surface area contributed by atoms with Gasteiger partial charge in [0, 0.05) is 5.41 Å². The highest BCUT2D eigenvalue weighted by Crippen LogP contribution is 2.23. The maximum Gasteiger partial charge on any atom is 0.135 e. The molecule has 0 N–H and O–H groups in total. The average Bonchev–Trinajstić information content (AvgIpc) is 2.59. The fourth-order valence-corrected chi connectivity index (χ4v) is 1.65. The number of hydrogen-bond donors (Lipinski definition) is 0. The summed E-state index contributed by atoms with van der Waals surface area (Å²) in [6, 6.07) is 3.96. The molecule has 0 saturated heterocycles. The molecule has 0 aliphatic carbocycles. The molecule has 0 aliphatic heterocycles. The third-order valence-corrected chi connectivity index (χ3v) is 2.41. The van der Waals surface area contributed by atoms with Crippen LogP contribution in [0.3, 0.4) is 0 Å². The Labute approximate surface area is 89.7 Å². The second kappa shape index (κ2) is 3.26. The molecule has 0 bridgehead atoms. The molecule has 2 aromatic rings. The number of pyridine rings is 1. The third-order valence-electron chi connectivity index (χ3n) is 2.41. The monoisotopic (exact) mass is 204 g/mol. The zero-order valence-corrected chi connectivity index (χ0v) is 9.61. The molecule has 0 saturated carbocycles. The molecule has 0 aliphatic rings. The molecular formula is C12H16N2O. The summed E-state index contributed by atoms with van der Waals surface area (Å²) in [6.07, 6.45) is 3.86. The maximum atomic E-state index is 5.21. The molecule has 3 heteroatoms. The maximum absolute atomic E-state index is 5.21. The van der Waals surface area contributed by atoms with Gasteiger partial charge < -0.3 is 4.74 Å². The summed E-state index contributed by atoms with van der Waals surface area (Å²) in [5.41, 5.74) is 1.14. The van der Waals surface area contributed by atoms with Crippen molar-refractivity contribution in [3.8, 4) is 5.75 Å². The van der Waals surface area contributed by atoms with Crippen molar-refractivity contribution in [3.63, 3.8) is 0 Å². The highest BCUT2D eigenvalue weighted by molar-refractivity contribution is 5.49. The normalized spacial score (nSPS) is 12.0. The summed E-state index contributed by atoms with van der Waals surface area (Å²) in [5.74, 6) is 1.91. The summed E-state index contributed by atoms with van der Waals surface area (Å²) in [5, 5.41) is 0. The van der Waals surface area contributed by atoms with Crippen LogP contribution in [0.4, 0.5) is 0 Å². The Morgan fingerprint density at radius 3 is 2.60 bits per heavy atom. The van der Waals surface area contributed by atoms with E-state index < -0.39 is 0 Å². The van der Waals surface area contributed by atoms with Gasteiger partial charge in [-0.15, -0.1) is 0 Å². The van der Waals surface area contributed by atoms with E-state index in [1.807, 2.05) is 24.5 Å². The number of rotatable bonds is 1. The van der Waals surface area contributed by atoms with Crippen LogP contribution in [0.25, 0.3) is 5.52 Å². The van der Waals surface area contributed by atoms with Crippen molar-refractivity contribution in [1.82, 2.24) is 9.38 Å². The summed E-state index contributed by atoms with van der Waals surface area (Å²) >= 11 is 0. The minimum absolute atomic E-state index is 0.0405. The highest BCUT2D eigenvalue weighted by atomic mass is 16.5. The molecule has 3 nitrogen and oxygen atoms in total. The number of methoxy groups -OCH3 is 1. The van der Waals surface area contributed by atoms with Crippen molar-refractivity contribution >= 4 is 5.52 Å². The standard InChI is InChI=1S/C12H16N2O/c1-12(2,3)11-13-7-9-5-6-10(15-4)8-14(9)11/h5-8H,1-4H3. The SMILES string of the molecule is COc1ccc2cnc(C(C)(C)C)n2c1. The predicted molar refractivity (Wildman–Crippen MR) is 60.4 cm³/mol. The van der Waals surface area contributed by atoms with Crippen molar-refractivity contribution in [1.29, 1.82) is 0 Å². The van der Waals surface area contributed by atoms with E-state index >= 15 is 0 Å². The molecule has 0 radical (unpaired) electrons. The number of hydrogen-bond acceptors (Lipinski definition) is 2. The summed E-state index contributed by atoms with van der Waals surface area (Å²) < 4.78 is 7.29. The fraction of sp³-hybridized carbons (Fsp3) is 0.417. The van der Waals surface area contributed by atoms with Gasteiger partial charge in [0.15, 0.2) is 0 Å². The molecule has 0 unspecified atom stereocenters. The summed E-state index contributed by atoms with van der Waals surface area (Å²) in [6.45, 7) is 6.46. The van der Waals surface area contributed by atoms with Gasteiger partial charge in [0.05, 0.1) is 25.0 Å². The Kier molecular flexibility index (Phi) is 2.18. The third kappa shape index (κ3) is 1.69. The topological polar surface area (TPSA) is 26.5 Å². The number of aromatic nitrogens is 2. The fourth-order valence-electron chi connectivity index (χ4n) is 1.65. The van der Waals surface area contributed by atoms with Crippen LogP contribution in [0, 0.1) is 0 Å². The molecule has 2 aromatic heterocycles. The molecule has 0 aromatic carbocycles. The molecule has 0 atom stereocenters. The molecule has 80 valence electrons. The van der Waals surface area contributed by atoms with Crippen LogP contribution in [0.5, 0.6) is 5.75 Å². The first-order chi connectivity index (χ1) is 7.02. The second-order valence-corrected chi connectivity index (χ2v) is 4.70. The van der Waals surface area contributed by atoms with E-state index in [0.29, 0.717) is 0 Å². The van der Waals surface area contributed by atoms with Gasteiger partial charge in [-0.1, -0.05) is 20.8 Å². The largest absolute Gasteiger partial charge is 0.495 e. The van der Waals surface area contributed by atoms with E-state index in [1.165, 1.54) is 0 Å². The van der Waals surface area contributed by atoms with Gasteiger partial charge in [0.2, 0.25) is 0 Å². The number of ether oxygens (including phenoxy) is 1. The van der Waals surface area contributed by atoms with Crippen LogP contribution >= 0.6 is 0 Å². The summed E-state index contributed by atoms with van der Waals surface area (Å²) in [7, 11) is 1.68. The lowest BCUT2D eigenvalue weighted by Gasteiger charge is -2.17. The van der Waals surface area contributed by atoms with E-state index in [-0.39, 0.29) is 5.41 Å². The quantitative estimate of drug-likeness (QED) is 0.714. The first-order valence-corrected chi connectivity index (χ1v) is 5.04. The van der Waals surface area contributed by atoms with Gasteiger partial charge in [-0.2, -0.15) is 0 Å². The van der Waals surface area contributed by atoms with Crippen molar-refractivity contribution in [2.45, 2.75) is 26.2 Å². The molecule has 0 amide bonds. The molecule has 0 spiro atoms. The molecule has 15 heavy (non-hydrogen) atoms. The van der Waals surface area contributed by atoms with Gasteiger partial charge >= 0.3 is 0 Å². The minimum atomic E-state index is 0.0405. The van der Waals surface area contributed by atoms with E-state index in [0.717, 1.165) is 17.1 Å². The lowest BCUT2D eigenvalue weighted by molar-refractivity contribution is 0.411. The zero-order valence-electron chi connectivity index (χ0n) is 9.61. The van der Waals surface area contributed by atoms with Gasteiger partial charge in [-0.25, -0.2) is 4.98 Å². The zero-order chi connectivity index (χ0) is 11.1. The van der Waals surface area contributed by atoms with E-state index in [1.54, 1.807) is 7.11 Å². The van der Waals surface area contributed by atoms with Crippen LogP contribution in [0.15, 0.2) is 24.5 Å². The molecule has 2 rings (SSSR count). The van der Waals surface area contributed by atoms with E-state index in [9.17, 15) is 0 Å². The Bertz CT molecular complexity index is 480. The van der Waals surface area contributed by atoms with E-state index in [4.69, 9.17) is 4.74 Å². The lowest BCUT2D eigenvalue weighted by Crippen LogP contribution is -2.15. The van der Waals surface area contributed by atoms with Crippen LogP contribution in [0.1, 0.15) is 26.6 Å². The van der Waals surface area contributed by atoms with Gasteiger partial charge in [0.1, 0.15) is 11.6 Å². The van der Waals surface area contributed by atoms with Gasteiger partial charge in [0.25, 0.3) is 0 Å². The first-order valence-electron chi connectivity index (χ1n) is 5.04. The van der Waals surface area contributed by atoms with Crippen molar-refractivity contribution in [2.24, 2.45) is 0 Å². The van der Waals surface area contributed by atoms with Crippen molar-refractivity contribution in [3.05, 3.63) is 30.4 Å². The number of nitrogens with zero attached hydrogens (tertiary/aromatic N) is 2. The summed E-state index contributed by atoms with van der Waals surface area (Å²) in [4.78, 5) is 4.45. The highest BCUT2D eigenvalue weighted by Gasteiger charge is 2.19. The Morgan fingerprint density at radius 1 is 1.27 bits per heavy atom. The first kappa shape index (κ1) is 10.0. The average molecular weight is 204 g/mol. The van der Waals surface area contributed by atoms with Crippen LogP contribution in [-0.4, -0.2) is 16.5 Å². The van der Waals surface area contributed by atoms with Crippen LogP contribution in [0.2, 0.25) is 0 Å². The smallest absolute Gasteiger partial charge is 0.135 e. The molecule has 2 heterocycles. The number of fused-ring (bicyclic) bond motifs is 1. The van der Waals surface area contributed by atoms with Gasteiger partial charge in [-0.05, 0) is 12.1 Å². The second-order valence-electron chi connectivity index (χ2n) is 4.70. The van der Waals surface area contributed by atoms with Crippen molar-refractivity contribution in [2.75, 3.05) is 7.11 Å². The molecular weight excluding hydrogens is 188 g/mol. The number of imidazole rings is 1. The van der Waals surface area contributed by atoms with Crippen LogP contribution in [-0.2, 0) is 5.41 Å². The minimum Gasteiger partial charge on any atom is -0.495 e. The van der Waals surface area contributed by atoms with Crippen LogP contribution < -0.4 is 4.74 Å². The predicted octanol–water partition coefficient (Wildman–Crippen LogP) is 2.64. The lowest BCUT2D eigenvalue weighted by atomic mass is 9.96. The Morgan fingerprint density at radius 2 is 2.00 bits per heavy atom. The van der Waals surface area contributed by atoms with E-state index in [2.05, 4.69) is 30.2 Å². The van der Waals surface area contributed by atoms with Gasteiger partial charge in [-0.3, -0.25) is 4.40 Å². The Balaban J connectivity index is 2.67. The molecule has 0 fully saturated rings.